The maximum atomic E-state index is 10.2. The van der Waals surface area contributed by atoms with Crippen LogP contribution in [0.2, 0.25) is 0 Å². The fourth-order valence-electron chi connectivity index (χ4n) is 3.13. The lowest BCUT2D eigenvalue weighted by molar-refractivity contribution is -0.0297. The molecule has 2 heteroatoms. The predicted octanol–water partition coefficient (Wildman–Crippen LogP) is 4.76. The molecule has 3 atom stereocenters. The molecule has 2 rings (SSSR count). The van der Waals surface area contributed by atoms with E-state index in [9.17, 15) is 5.11 Å². The molecule has 1 fully saturated rings. The normalized spacial score (nSPS) is 26.9. The lowest BCUT2D eigenvalue weighted by Gasteiger charge is -2.40. The van der Waals surface area contributed by atoms with Crippen molar-refractivity contribution in [1.29, 1.82) is 0 Å². The van der Waals surface area contributed by atoms with Crippen molar-refractivity contribution in [3.63, 3.8) is 0 Å². The second-order valence-corrected chi connectivity index (χ2v) is 7.82. The fraction of sp³-hybridized carbons (Fsp3) is 0.684. The van der Waals surface area contributed by atoms with Crippen molar-refractivity contribution in [3.05, 3.63) is 29.8 Å². The minimum atomic E-state index is -0.339. The smallest absolute Gasteiger partial charge is 0.125 e. The van der Waals surface area contributed by atoms with E-state index in [0.717, 1.165) is 25.0 Å². The second-order valence-electron chi connectivity index (χ2n) is 7.82. The lowest BCUT2D eigenvalue weighted by atomic mass is 9.71. The molecule has 1 N–H and O–H groups in total. The molecule has 0 radical (unpaired) electrons. The van der Waals surface area contributed by atoms with Crippen molar-refractivity contribution in [2.24, 2.45) is 11.3 Å². The van der Waals surface area contributed by atoms with Crippen LogP contribution in [0, 0.1) is 11.3 Å². The van der Waals surface area contributed by atoms with Gasteiger partial charge in [-0.05, 0) is 54.2 Å². The van der Waals surface area contributed by atoms with E-state index in [-0.39, 0.29) is 17.6 Å². The number of ether oxygens (including phenoxy) is 1. The van der Waals surface area contributed by atoms with Gasteiger partial charge in [0.05, 0.1) is 6.10 Å². The zero-order valence-corrected chi connectivity index (χ0v) is 14.1. The van der Waals surface area contributed by atoms with Gasteiger partial charge in [-0.25, -0.2) is 0 Å². The average Bonchev–Trinajstić information content (AvgIpc) is 2.40. The van der Waals surface area contributed by atoms with E-state index < -0.39 is 0 Å². The number of hydrogen-bond donors (Lipinski definition) is 1. The molecule has 0 spiro atoms. The summed E-state index contributed by atoms with van der Waals surface area (Å²) in [6.07, 6.45) is 2.46. The van der Waals surface area contributed by atoms with Crippen LogP contribution in [-0.4, -0.2) is 17.3 Å². The van der Waals surface area contributed by atoms with Gasteiger partial charge in [0.25, 0.3) is 0 Å². The maximum absolute atomic E-state index is 10.2. The van der Waals surface area contributed by atoms with Crippen LogP contribution in [0.4, 0.5) is 0 Å². The molecule has 21 heavy (non-hydrogen) atoms. The zero-order valence-electron chi connectivity index (χ0n) is 14.1. The minimum absolute atomic E-state index is 0.0760. The van der Waals surface area contributed by atoms with Crippen molar-refractivity contribution >= 4 is 0 Å². The van der Waals surface area contributed by atoms with Gasteiger partial charge in [-0.15, -0.1) is 0 Å². The van der Waals surface area contributed by atoms with Crippen molar-refractivity contribution in [1.82, 2.24) is 0 Å². The molecule has 3 unspecified atom stereocenters. The van der Waals surface area contributed by atoms with E-state index in [2.05, 4.69) is 46.8 Å². The summed E-state index contributed by atoms with van der Waals surface area (Å²) in [5, 5.41) is 10.2. The molecule has 1 aliphatic carbocycles. The van der Waals surface area contributed by atoms with Gasteiger partial charge in [0.2, 0.25) is 0 Å². The summed E-state index contributed by atoms with van der Waals surface area (Å²) >= 11 is 0. The second kappa shape index (κ2) is 6.39. The van der Waals surface area contributed by atoms with Crippen LogP contribution in [0.3, 0.4) is 0 Å². The Balaban J connectivity index is 2.03. The van der Waals surface area contributed by atoms with Crippen molar-refractivity contribution in [2.75, 3.05) is 0 Å². The number of aliphatic hydroxyl groups excluding tert-OH is 1. The van der Waals surface area contributed by atoms with Crippen LogP contribution < -0.4 is 4.74 Å². The Morgan fingerprint density at radius 2 is 1.71 bits per heavy atom. The molecule has 0 heterocycles. The van der Waals surface area contributed by atoms with Gasteiger partial charge in [-0.3, -0.25) is 0 Å². The first-order chi connectivity index (χ1) is 9.77. The molecule has 1 aliphatic rings. The van der Waals surface area contributed by atoms with Crippen LogP contribution in [0.25, 0.3) is 0 Å². The molecule has 118 valence electrons. The molecule has 0 aliphatic heterocycles. The third kappa shape index (κ3) is 4.23. The van der Waals surface area contributed by atoms with Crippen molar-refractivity contribution in [2.45, 2.75) is 72.0 Å². The largest absolute Gasteiger partial charge is 0.488 e. The summed E-state index contributed by atoms with van der Waals surface area (Å²) in [5.74, 6) is 2.02. The van der Waals surface area contributed by atoms with Crippen LogP contribution in [0.15, 0.2) is 24.3 Å². The van der Waals surface area contributed by atoms with Crippen LogP contribution in [-0.2, 0) is 0 Å². The van der Waals surface area contributed by atoms with Gasteiger partial charge >= 0.3 is 0 Å². The monoisotopic (exact) mass is 290 g/mol. The molecule has 0 bridgehead atoms. The number of benzene rings is 1. The van der Waals surface area contributed by atoms with Gasteiger partial charge in [0.15, 0.2) is 0 Å². The Hall–Kier alpha value is -1.02. The average molecular weight is 290 g/mol. The Bertz CT molecular complexity index is 442. The zero-order chi connectivity index (χ0) is 15.6. The quantitative estimate of drug-likeness (QED) is 0.869. The van der Waals surface area contributed by atoms with Gasteiger partial charge < -0.3 is 9.84 Å². The van der Waals surface area contributed by atoms with Gasteiger partial charge in [0, 0.05) is 0 Å². The molecular formula is C19H30O2. The number of rotatable bonds is 3. The Morgan fingerprint density at radius 3 is 2.24 bits per heavy atom. The maximum Gasteiger partial charge on any atom is 0.125 e. The highest BCUT2D eigenvalue weighted by Crippen LogP contribution is 2.39. The topological polar surface area (TPSA) is 29.5 Å². The molecule has 1 aromatic carbocycles. The van der Waals surface area contributed by atoms with E-state index in [1.807, 2.05) is 12.1 Å². The van der Waals surface area contributed by atoms with Crippen LogP contribution in [0.5, 0.6) is 5.75 Å². The van der Waals surface area contributed by atoms with E-state index >= 15 is 0 Å². The summed E-state index contributed by atoms with van der Waals surface area (Å²) in [5.41, 5.74) is 1.60. The van der Waals surface area contributed by atoms with Crippen molar-refractivity contribution < 1.29 is 9.84 Å². The molecular weight excluding hydrogens is 260 g/mol. The number of aliphatic hydroxyl groups is 1. The molecule has 1 saturated carbocycles. The summed E-state index contributed by atoms with van der Waals surface area (Å²) in [6.45, 7) is 11.2. The van der Waals surface area contributed by atoms with E-state index in [4.69, 9.17) is 4.74 Å². The van der Waals surface area contributed by atoms with E-state index in [1.54, 1.807) is 0 Å². The lowest BCUT2D eigenvalue weighted by Crippen LogP contribution is -2.41. The standard InChI is InChI=1S/C19H30O2/c1-13(2)14-6-9-16(10-7-14)21-18-12-15(19(3,4)5)8-11-17(18)20/h6-7,9-10,13,15,17-18,20H,8,11-12H2,1-5H3. The molecule has 1 aromatic rings. The van der Waals surface area contributed by atoms with Gasteiger partial charge in [-0.1, -0.05) is 46.8 Å². The number of hydrogen-bond acceptors (Lipinski definition) is 2. The van der Waals surface area contributed by atoms with Crippen LogP contribution in [0.1, 0.15) is 65.4 Å². The molecule has 2 nitrogen and oxygen atoms in total. The Labute approximate surface area is 129 Å². The van der Waals surface area contributed by atoms with Gasteiger partial charge in [-0.2, -0.15) is 0 Å². The molecule has 0 aromatic heterocycles. The molecule has 0 saturated heterocycles. The van der Waals surface area contributed by atoms with E-state index in [0.29, 0.717) is 11.8 Å². The first-order valence-corrected chi connectivity index (χ1v) is 8.22. The highest BCUT2D eigenvalue weighted by Gasteiger charge is 2.36. The summed E-state index contributed by atoms with van der Waals surface area (Å²) in [4.78, 5) is 0. The SMILES string of the molecule is CC(C)c1ccc(OC2CC(C(C)(C)C)CCC2O)cc1. The van der Waals surface area contributed by atoms with Crippen LogP contribution >= 0.6 is 0 Å². The highest BCUT2D eigenvalue weighted by molar-refractivity contribution is 5.29. The molecule has 0 amide bonds. The minimum Gasteiger partial charge on any atom is -0.488 e. The van der Waals surface area contributed by atoms with Crippen molar-refractivity contribution in [3.8, 4) is 5.75 Å². The Kier molecular flexibility index (Phi) is 4.98. The van der Waals surface area contributed by atoms with E-state index in [1.165, 1.54) is 5.56 Å². The Morgan fingerprint density at radius 1 is 1.10 bits per heavy atom. The first-order valence-electron chi connectivity index (χ1n) is 8.22. The summed E-state index contributed by atoms with van der Waals surface area (Å²) in [6, 6.07) is 8.30. The first kappa shape index (κ1) is 16.4. The predicted molar refractivity (Wildman–Crippen MR) is 87.7 cm³/mol. The summed E-state index contributed by atoms with van der Waals surface area (Å²) < 4.78 is 6.08. The highest BCUT2D eigenvalue weighted by atomic mass is 16.5. The third-order valence-corrected chi connectivity index (χ3v) is 4.82. The summed E-state index contributed by atoms with van der Waals surface area (Å²) in [7, 11) is 0. The fourth-order valence-corrected chi connectivity index (χ4v) is 3.13. The third-order valence-electron chi connectivity index (χ3n) is 4.82. The van der Waals surface area contributed by atoms with Gasteiger partial charge in [0.1, 0.15) is 11.9 Å².